The van der Waals surface area contributed by atoms with Gasteiger partial charge in [-0.3, -0.25) is 0 Å². The molecule has 1 aliphatic rings. The number of primary sulfonamides is 1. The van der Waals surface area contributed by atoms with E-state index in [9.17, 15) is 8.42 Å². The van der Waals surface area contributed by atoms with Gasteiger partial charge >= 0.3 is 0 Å². The van der Waals surface area contributed by atoms with E-state index in [0.29, 0.717) is 29.4 Å². The standard InChI is InChI=1S/C8H8ClNO3S/c9-4-3-5-1-2-6-7(13-6)8(5)14(10,11)12/h1-2H,3-4H2,(H2,10,11,12). The van der Waals surface area contributed by atoms with Crippen molar-refractivity contribution >= 4 is 21.6 Å². The van der Waals surface area contributed by atoms with Crippen LogP contribution in [0.2, 0.25) is 0 Å². The Bertz CT molecular complexity index is 484. The van der Waals surface area contributed by atoms with Crippen LogP contribution in [0.15, 0.2) is 17.0 Å². The average Bonchev–Trinajstić information content (AvgIpc) is 2.80. The third kappa shape index (κ3) is 1.58. The molecule has 0 atom stereocenters. The maximum absolute atomic E-state index is 11.2. The van der Waals surface area contributed by atoms with Gasteiger partial charge in [-0.1, -0.05) is 6.07 Å². The lowest BCUT2D eigenvalue weighted by atomic mass is 10.2. The molecule has 0 radical (unpaired) electrons. The van der Waals surface area contributed by atoms with E-state index >= 15 is 0 Å². The molecular weight excluding hydrogens is 226 g/mol. The van der Waals surface area contributed by atoms with Crippen LogP contribution in [0.4, 0.5) is 0 Å². The Labute approximate surface area is 86.7 Å². The predicted octanol–water partition coefficient (Wildman–Crippen LogP) is 1.22. The molecule has 0 amide bonds. The molecule has 0 fully saturated rings. The van der Waals surface area contributed by atoms with Gasteiger partial charge in [-0.05, 0) is 18.1 Å². The van der Waals surface area contributed by atoms with Crippen molar-refractivity contribution in [3.63, 3.8) is 0 Å². The van der Waals surface area contributed by atoms with Crippen molar-refractivity contribution < 1.29 is 13.2 Å². The van der Waals surface area contributed by atoms with E-state index in [-0.39, 0.29) is 4.90 Å². The van der Waals surface area contributed by atoms with Crippen molar-refractivity contribution in [2.24, 2.45) is 5.14 Å². The summed E-state index contributed by atoms with van der Waals surface area (Å²) < 4.78 is 27.5. The number of nitrogens with two attached hydrogens (primary N) is 1. The largest absolute Gasteiger partial charge is 0.448 e. The van der Waals surface area contributed by atoms with E-state index in [1.54, 1.807) is 12.1 Å². The molecule has 2 N–H and O–H groups in total. The van der Waals surface area contributed by atoms with E-state index < -0.39 is 10.0 Å². The highest BCUT2D eigenvalue weighted by molar-refractivity contribution is 7.89. The van der Waals surface area contributed by atoms with E-state index in [0.717, 1.165) is 0 Å². The highest BCUT2D eigenvalue weighted by Gasteiger charge is 2.32. The second-order valence-corrected chi connectivity index (χ2v) is 4.84. The minimum atomic E-state index is -3.72. The van der Waals surface area contributed by atoms with Crippen molar-refractivity contribution in [3.8, 4) is 11.5 Å². The van der Waals surface area contributed by atoms with E-state index in [2.05, 4.69) is 0 Å². The number of aryl methyl sites for hydroxylation is 1. The number of ether oxygens (including phenoxy) is 1. The first-order valence-corrected chi connectivity index (χ1v) is 6.04. The molecule has 1 heterocycles. The van der Waals surface area contributed by atoms with Crippen LogP contribution in [-0.2, 0) is 16.4 Å². The van der Waals surface area contributed by atoms with Crippen LogP contribution in [0.25, 0.3) is 0 Å². The molecule has 0 bridgehead atoms. The number of halogens is 1. The predicted molar refractivity (Wildman–Crippen MR) is 52.3 cm³/mol. The molecule has 0 spiro atoms. The summed E-state index contributed by atoms with van der Waals surface area (Å²) in [5, 5.41) is 5.07. The molecule has 1 aromatic carbocycles. The van der Waals surface area contributed by atoms with Crippen molar-refractivity contribution in [2.75, 3.05) is 5.88 Å². The molecule has 14 heavy (non-hydrogen) atoms. The summed E-state index contributed by atoms with van der Waals surface area (Å²) in [6.45, 7) is 0. The number of benzene rings is 1. The second kappa shape index (κ2) is 3.12. The van der Waals surface area contributed by atoms with Gasteiger partial charge in [-0.25, -0.2) is 13.6 Å². The Morgan fingerprint density at radius 2 is 2.14 bits per heavy atom. The molecular formula is C8H8ClNO3S. The van der Waals surface area contributed by atoms with Crippen molar-refractivity contribution in [2.45, 2.75) is 11.3 Å². The zero-order chi connectivity index (χ0) is 10.3. The van der Waals surface area contributed by atoms with Gasteiger partial charge in [0, 0.05) is 5.88 Å². The number of hydrogen-bond acceptors (Lipinski definition) is 3. The van der Waals surface area contributed by atoms with Gasteiger partial charge in [0.1, 0.15) is 4.90 Å². The highest BCUT2D eigenvalue weighted by atomic mass is 35.5. The quantitative estimate of drug-likeness (QED) is 0.640. The molecule has 76 valence electrons. The second-order valence-electron chi connectivity index (χ2n) is 2.97. The van der Waals surface area contributed by atoms with E-state index in [1.165, 1.54) is 0 Å². The third-order valence-corrected chi connectivity index (χ3v) is 3.18. The van der Waals surface area contributed by atoms with Gasteiger partial charge in [0.05, 0.1) is 0 Å². The first-order chi connectivity index (χ1) is 6.54. The summed E-state index contributed by atoms with van der Waals surface area (Å²) >= 11 is 5.55. The summed E-state index contributed by atoms with van der Waals surface area (Å²) in [5.41, 5.74) is 0.610. The van der Waals surface area contributed by atoms with Crippen LogP contribution in [0.1, 0.15) is 5.56 Å². The summed E-state index contributed by atoms with van der Waals surface area (Å²) in [7, 11) is -3.72. The summed E-state index contributed by atoms with van der Waals surface area (Å²) in [4.78, 5) is 0.0793. The van der Waals surface area contributed by atoms with Crippen molar-refractivity contribution in [1.82, 2.24) is 0 Å². The number of sulfonamides is 1. The normalized spacial score (nSPS) is 13.3. The maximum atomic E-state index is 11.2. The van der Waals surface area contributed by atoms with Crippen LogP contribution in [0.5, 0.6) is 11.5 Å². The Hall–Kier alpha value is -0.780. The van der Waals surface area contributed by atoms with Crippen LogP contribution in [0, 0.1) is 0 Å². The average molecular weight is 234 g/mol. The Balaban J connectivity index is 2.58. The summed E-state index contributed by atoms with van der Waals surface area (Å²) in [5.74, 6) is 1.30. The van der Waals surface area contributed by atoms with E-state index in [4.69, 9.17) is 21.5 Å². The van der Waals surface area contributed by atoms with Gasteiger partial charge < -0.3 is 4.74 Å². The zero-order valence-electron chi connectivity index (χ0n) is 7.16. The monoisotopic (exact) mass is 233 g/mol. The van der Waals surface area contributed by atoms with Crippen LogP contribution in [-0.4, -0.2) is 14.3 Å². The fourth-order valence-corrected chi connectivity index (χ4v) is 2.50. The molecule has 0 saturated carbocycles. The Kier molecular flexibility index (Phi) is 2.17. The van der Waals surface area contributed by atoms with Crippen molar-refractivity contribution in [3.05, 3.63) is 17.7 Å². The smallest absolute Gasteiger partial charge is 0.242 e. The topological polar surface area (TPSA) is 72.7 Å². The molecule has 0 unspecified atom stereocenters. The molecule has 0 aliphatic carbocycles. The number of hydrogen-bond donors (Lipinski definition) is 1. The number of rotatable bonds is 3. The molecule has 4 nitrogen and oxygen atoms in total. The van der Waals surface area contributed by atoms with Crippen LogP contribution in [0.3, 0.4) is 0 Å². The van der Waals surface area contributed by atoms with Crippen LogP contribution < -0.4 is 9.88 Å². The molecule has 0 saturated heterocycles. The SMILES string of the molecule is NS(=O)(=O)c1c(CCCl)ccc2c1O2. The van der Waals surface area contributed by atoms with Crippen LogP contribution >= 0.6 is 11.6 Å². The fourth-order valence-electron chi connectivity index (χ4n) is 1.36. The Morgan fingerprint density at radius 1 is 1.43 bits per heavy atom. The molecule has 1 aromatic rings. The lowest BCUT2D eigenvalue weighted by Gasteiger charge is -2.02. The summed E-state index contributed by atoms with van der Waals surface area (Å²) in [6, 6.07) is 3.39. The molecule has 1 aliphatic heterocycles. The maximum Gasteiger partial charge on any atom is 0.242 e. The minimum absolute atomic E-state index is 0.0793. The highest BCUT2D eigenvalue weighted by Crippen LogP contribution is 2.50. The minimum Gasteiger partial charge on any atom is -0.448 e. The van der Waals surface area contributed by atoms with Gasteiger partial charge in [-0.2, -0.15) is 0 Å². The van der Waals surface area contributed by atoms with Gasteiger partial charge in [0.15, 0.2) is 11.5 Å². The lowest BCUT2D eigenvalue weighted by molar-refractivity contribution is 0.590. The first kappa shape index (κ1) is 9.76. The van der Waals surface area contributed by atoms with Gasteiger partial charge in [0.2, 0.25) is 10.0 Å². The molecule has 0 aromatic heterocycles. The van der Waals surface area contributed by atoms with Gasteiger partial charge in [-0.15, -0.1) is 11.6 Å². The fraction of sp³-hybridized carbons (Fsp3) is 0.250. The molecule has 6 heteroatoms. The van der Waals surface area contributed by atoms with E-state index in [1.807, 2.05) is 0 Å². The lowest BCUT2D eigenvalue weighted by Crippen LogP contribution is -2.14. The number of alkyl halides is 1. The molecule has 2 rings (SSSR count). The first-order valence-electron chi connectivity index (χ1n) is 3.96. The number of fused-ring (bicyclic) bond motifs is 1. The zero-order valence-corrected chi connectivity index (χ0v) is 8.73. The third-order valence-electron chi connectivity index (χ3n) is 1.98. The van der Waals surface area contributed by atoms with Gasteiger partial charge in [0.25, 0.3) is 0 Å². The Morgan fingerprint density at radius 3 is 2.71 bits per heavy atom. The summed E-state index contributed by atoms with van der Waals surface area (Å²) in [6.07, 6.45) is 0.462. The van der Waals surface area contributed by atoms with Crippen molar-refractivity contribution in [1.29, 1.82) is 0 Å².